The average molecular weight is 375 g/mol. The number of aryl methyl sites for hydroxylation is 2. The molecule has 26 heavy (non-hydrogen) atoms. The lowest BCUT2D eigenvalue weighted by molar-refractivity contribution is 0.102. The molecular formula is C20H26N2O3S. The summed E-state index contributed by atoms with van der Waals surface area (Å²) in [7, 11) is -1.95. The molecule has 0 aliphatic carbocycles. The van der Waals surface area contributed by atoms with Crippen molar-refractivity contribution in [3.05, 3.63) is 59.2 Å². The van der Waals surface area contributed by atoms with Gasteiger partial charge in [-0.05, 0) is 55.7 Å². The van der Waals surface area contributed by atoms with Crippen LogP contribution in [-0.4, -0.2) is 32.2 Å². The lowest BCUT2D eigenvalue weighted by atomic mass is 10.1. The van der Waals surface area contributed by atoms with Gasteiger partial charge < -0.3 is 5.32 Å². The lowest BCUT2D eigenvalue weighted by Gasteiger charge is -2.17. The first-order valence-electron chi connectivity index (χ1n) is 8.71. The predicted octanol–water partition coefficient (Wildman–Crippen LogP) is 3.98. The first-order chi connectivity index (χ1) is 12.3. The van der Waals surface area contributed by atoms with E-state index in [1.807, 2.05) is 39.0 Å². The van der Waals surface area contributed by atoms with Crippen LogP contribution in [0.5, 0.6) is 0 Å². The fraction of sp³-hybridized carbons (Fsp3) is 0.350. The van der Waals surface area contributed by atoms with Crippen molar-refractivity contribution in [2.24, 2.45) is 0 Å². The van der Waals surface area contributed by atoms with Crippen molar-refractivity contribution in [3.8, 4) is 0 Å². The maximum absolute atomic E-state index is 12.5. The number of benzene rings is 2. The van der Waals surface area contributed by atoms with Crippen molar-refractivity contribution in [1.82, 2.24) is 4.31 Å². The van der Waals surface area contributed by atoms with Gasteiger partial charge in [0.25, 0.3) is 5.91 Å². The van der Waals surface area contributed by atoms with E-state index in [0.717, 1.165) is 29.7 Å². The van der Waals surface area contributed by atoms with E-state index in [-0.39, 0.29) is 10.8 Å². The van der Waals surface area contributed by atoms with Crippen LogP contribution >= 0.6 is 0 Å². The van der Waals surface area contributed by atoms with E-state index >= 15 is 0 Å². The largest absolute Gasteiger partial charge is 0.322 e. The molecule has 0 aromatic heterocycles. The van der Waals surface area contributed by atoms with Crippen LogP contribution in [0.3, 0.4) is 0 Å². The number of sulfonamides is 1. The number of rotatable bonds is 7. The summed E-state index contributed by atoms with van der Waals surface area (Å²) in [5.74, 6) is -0.259. The topological polar surface area (TPSA) is 66.5 Å². The maximum Gasteiger partial charge on any atom is 0.255 e. The number of anilines is 1. The van der Waals surface area contributed by atoms with Crippen LogP contribution in [0, 0.1) is 13.8 Å². The standard InChI is InChI=1S/C20H26N2O3S/c1-5-6-14-22(4)26(24,25)18-12-10-17(11-13-18)20(23)21-19-15(2)8-7-9-16(19)3/h7-13H,5-6,14H2,1-4H3,(H,21,23). The third-order valence-corrected chi connectivity index (χ3v) is 6.24. The summed E-state index contributed by atoms with van der Waals surface area (Å²) in [5.41, 5.74) is 3.17. The minimum atomic E-state index is -3.52. The molecule has 0 aliphatic rings. The molecular weight excluding hydrogens is 348 g/mol. The quantitative estimate of drug-likeness (QED) is 0.797. The molecule has 5 nitrogen and oxygen atoms in total. The van der Waals surface area contributed by atoms with Crippen molar-refractivity contribution in [3.63, 3.8) is 0 Å². The van der Waals surface area contributed by atoms with E-state index in [1.165, 1.54) is 16.4 Å². The van der Waals surface area contributed by atoms with Crippen LogP contribution < -0.4 is 5.32 Å². The van der Waals surface area contributed by atoms with Gasteiger partial charge in [0.1, 0.15) is 0 Å². The number of carbonyl (C=O) groups excluding carboxylic acids is 1. The van der Waals surface area contributed by atoms with Crippen molar-refractivity contribution < 1.29 is 13.2 Å². The number of para-hydroxylation sites is 1. The van der Waals surface area contributed by atoms with E-state index in [2.05, 4.69) is 5.32 Å². The highest BCUT2D eigenvalue weighted by Gasteiger charge is 2.20. The van der Waals surface area contributed by atoms with Crippen LogP contribution in [0.2, 0.25) is 0 Å². The molecule has 0 heterocycles. The fourth-order valence-corrected chi connectivity index (χ4v) is 3.87. The molecule has 2 aromatic rings. The Morgan fingerprint density at radius 1 is 1.04 bits per heavy atom. The van der Waals surface area contributed by atoms with Crippen molar-refractivity contribution in [2.45, 2.75) is 38.5 Å². The highest BCUT2D eigenvalue weighted by molar-refractivity contribution is 7.89. The molecule has 0 unspecified atom stereocenters. The van der Waals surface area contributed by atoms with Gasteiger partial charge in [0.05, 0.1) is 4.90 Å². The summed E-state index contributed by atoms with van der Waals surface area (Å²) in [4.78, 5) is 12.7. The molecule has 2 rings (SSSR count). The second kappa shape index (κ2) is 8.47. The van der Waals surface area contributed by atoms with E-state index in [4.69, 9.17) is 0 Å². The minimum absolute atomic E-state index is 0.194. The Bertz CT molecular complexity index is 854. The third kappa shape index (κ3) is 4.51. The molecule has 1 N–H and O–H groups in total. The second-order valence-corrected chi connectivity index (χ2v) is 8.47. The number of amides is 1. The minimum Gasteiger partial charge on any atom is -0.322 e. The SMILES string of the molecule is CCCCN(C)S(=O)(=O)c1ccc(C(=O)Nc2c(C)cccc2C)cc1. The fourth-order valence-electron chi connectivity index (χ4n) is 2.66. The molecule has 6 heteroatoms. The van der Waals surface area contributed by atoms with Crippen LogP contribution in [0.4, 0.5) is 5.69 Å². The van der Waals surface area contributed by atoms with Crippen LogP contribution in [0.1, 0.15) is 41.3 Å². The van der Waals surface area contributed by atoms with Gasteiger partial charge in [-0.2, -0.15) is 0 Å². The molecule has 0 bridgehead atoms. The summed E-state index contributed by atoms with van der Waals surface area (Å²) in [5, 5.41) is 2.90. The number of nitrogens with one attached hydrogen (secondary N) is 1. The van der Waals surface area contributed by atoms with Gasteiger partial charge in [0.15, 0.2) is 0 Å². The Morgan fingerprint density at radius 3 is 2.15 bits per heavy atom. The van der Waals surface area contributed by atoms with Gasteiger partial charge in [-0.15, -0.1) is 0 Å². The lowest BCUT2D eigenvalue weighted by Crippen LogP contribution is -2.28. The average Bonchev–Trinajstić information content (AvgIpc) is 2.62. The monoisotopic (exact) mass is 374 g/mol. The molecule has 0 radical (unpaired) electrons. The molecule has 2 aromatic carbocycles. The van der Waals surface area contributed by atoms with E-state index in [1.54, 1.807) is 19.2 Å². The molecule has 0 aliphatic heterocycles. The highest BCUT2D eigenvalue weighted by Crippen LogP contribution is 2.21. The van der Waals surface area contributed by atoms with Crippen molar-refractivity contribution >= 4 is 21.6 Å². The zero-order valence-corrected chi connectivity index (χ0v) is 16.6. The number of nitrogens with zero attached hydrogens (tertiary/aromatic N) is 1. The summed E-state index contributed by atoms with van der Waals surface area (Å²) < 4.78 is 26.4. The Labute approximate surface area is 156 Å². The Morgan fingerprint density at radius 2 is 1.62 bits per heavy atom. The van der Waals surface area contributed by atoms with Crippen molar-refractivity contribution in [2.75, 3.05) is 18.9 Å². The number of hydrogen-bond donors (Lipinski definition) is 1. The van der Waals surface area contributed by atoms with Crippen LogP contribution in [-0.2, 0) is 10.0 Å². The first-order valence-corrected chi connectivity index (χ1v) is 10.2. The Hall–Kier alpha value is -2.18. The van der Waals surface area contributed by atoms with Crippen molar-refractivity contribution in [1.29, 1.82) is 0 Å². The normalized spacial score (nSPS) is 11.6. The predicted molar refractivity (Wildman–Crippen MR) is 105 cm³/mol. The molecule has 1 amide bonds. The summed E-state index contributed by atoms with van der Waals surface area (Å²) in [6.07, 6.45) is 1.74. The van der Waals surface area contributed by atoms with Gasteiger partial charge >= 0.3 is 0 Å². The van der Waals surface area contributed by atoms with E-state index in [9.17, 15) is 13.2 Å². The first kappa shape index (κ1) is 20.1. The zero-order valence-electron chi connectivity index (χ0n) is 15.7. The molecule has 0 saturated heterocycles. The van der Waals surface area contributed by atoms with E-state index in [0.29, 0.717) is 12.1 Å². The van der Waals surface area contributed by atoms with Crippen LogP contribution in [0.15, 0.2) is 47.4 Å². The second-order valence-electron chi connectivity index (χ2n) is 6.43. The van der Waals surface area contributed by atoms with Gasteiger partial charge in [-0.25, -0.2) is 12.7 Å². The number of unbranched alkanes of at least 4 members (excludes halogenated alkanes) is 1. The summed E-state index contributed by atoms with van der Waals surface area (Å²) in [6, 6.07) is 11.9. The Balaban J connectivity index is 2.17. The number of carbonyl (C=O) groups is 1. The van der Waals surface area contributed by atoms with E-state index < -0.39 is 10.0 Å². The van der Waals surface area contributed by atoms with Gasteiger partial charge in [-0.3, -0.25) is 4.79 Å². The molecule has 0 spiro atoms. The number of hydrogen-bond acceptors (Lipinski definition) is 3. The third-order valence-electron chi connectivity index (χ3n) is 4.37. The van der Waals surface area contributed by atoms with Crippen LogP contribution in [0.25, 0.3) is 0 Å². The summed E-state index contributed by atoms with van der Waals surface area (Å²) >= 11 is 0. The maximum atomic E-state index is 12.5. The summed E-state index contributed by atoms with van der Waals surface area (Å²) in [6.45, 7) is 6.37. The van der Waals surface area contributed by atoms with Gasteiger partial charge in [-0.1, -0.05) is 31.5 Å². The van der Waals surface area contributed by atoms with Gasteiger partial charge in [0.2, 0.25) is 10.0 Å². The zero-order chi connectivity index (χ0) is 19.3. The smallest absolute Gasteiger partial charge is 0.255 e. The molecule has 0 saturated carbocycles. The van der Waals surface area contributed by atoms with Gasteiger partial charge in [0, 0.05) is 24.8 Å². The Kier molecular flexibility index (Phi) is 6.56. The molecule has 0 fully saturated rings. The highest BCUT2D eigenvalue weighted by atomic mass is 32.2. The molecule has 140 valence electrons. The molecule has 0 atom stereocenters.